The van der Waals surface area contributed by atoms with E-state index in [4.69, 9.17) is 10.7 Å². The highest BCUT2D eigenvalue weighted by atomic mass is 15.2. The van der Waals surface area contributed by atoms with Crippen LogP contribution in [-0.2, 0) is 13.1 Å². The summed E-state index contributed by atoms with van der Waals surface area (Å²) in [6.45, 7) is 5.02. The van der Waals surface area contributed by atoms with Crippen LogP contribution in [0.5, 0.6) is 0 Å². The summed E-state index contributed by atoms with van der Waals surface area (Å²) in [5, 5.41) is 3.39. The maximum atomic E-state index is 5.96. The topological polar surface area (TPSA) is 59.1 Å². The van der Waals surface area contributed by atoms with Crippen LogP contribution < -0.4 is 11.1 Å². The first-order valence-electron chi connectivity index (χ1n) is 7.01. The number of aromatic nitrogens is 2. The molecule has 100 valence electrons. The van der Waals surface area contributed by atoms with Gasteiger partial charge in [-0.25, -0.2) is 4.98 Å². The zero-order chi connectivity index (χ0) is 12.5. The zero-order valence-corrected chi connectivity index (χ0v) is 11.2. The number of rotatable bonds is 2. The first-order valence-corrected chi connectivity index (χ1v) is 7.01. The Morgan fingerprint density at radius 1 is 1.39 bits per heavy atom. The Hall–Kier alpha value is -1.07. The SMILES string of the molecule is CN1CCCC(c2nc3n(c2CN)CCCN3)C1. The molecule has 0 amide bonds. The molecule has 5 heteroatoms. The molecular formula is C13H23N5. The van der Waals surface area contributed by atoms with Crippen LogP contribution >= 0.6 is 0 Å². The summed E-state index contributed by atoms with van der Waals surface area (Å²) < 4.78 is 2.29. The summed E-state index contributed by atoms with van der Waals surface area (Å²) in [4.78, 5) is 7.23. The predicted molar refractivity (Wildman–Crippen MR) is 72.7 cm³/mol. The molecule has 1 unspecified atom stereocenters. The molecule has 3 N–H and O–H groups in total. The lowest BCUT2D eigenvalue weighted by molar-refractivity contribution is 0.248. The van der Waals surface area contributed by atoms with E-state index in [1.54, 1.807) is 0 Å². The number of likely N-dealkylation sites (tertiary alicyclic amines) is 1. The Bertz CT molecular complexity index is 425. The van der Waals surface area contributed by atoms with Gasteiger partial charge in [0.05, 0.1) is 11.4 Å². The van der Waals surface area contributed by atoms with Gasteiger partial charge in [-0.05, 0) is 32.9 Å². The van der Waals surface area contributed by atoms with Crippen LogP contribution in [0.25, 0.3) is 0 Å². The van der Waals surface area contributed by atoms with Gasteiger partial charge < -0.3 is 20.5 Å². The van der Waals surface area contributed by atoms with Gasteiger partial charge in [-0.15, -0.1) is 0 Å². The van der Waals surface area contributed by atoms with Gasteiger partial charge in [0.1, 0.15) is 0 Å². The fourth-order valence-corrected chi connectivity index (χ4v) is 3.25. The van der Waals surface area contributed by atoms with Crippen LogP contribution in [0.15, 0.2) is 0 Å². The highest BCUT2D eigenvalue weighted by Gasteiger charge is 2.27. The highest BCUT2D eigenvalue weighted by molar-refractivity contribution is 5.37. The lowest BCUT2D eigenvalue weighted by atomic mass is 9.94. The van der Waals surface area contributed by atoms with Crippen LogP contribution in [0.4, 0.5) is 5.95 Å². The molecular weight excluding hydrogens is 226 g/mol. The Labute approximate surface area is 108 Å². The number of likely N-dealkylation sites (N-methyl/N-ethyl adjacent to an activating group) is 1. The molecule has 0 bridgehead atoms. The molecule has 0 radical (unpaired) electrons. The molecule has 18 heavy (non-hydrogen) atoms. The van der Waals surface area contributed by atoms with E-state index in [-0.39, 0.29) is 0 Å². The molecule has 0 spiro atoms. The lowest BCUT2D eigenvalue weighted by Crippen LogP contribution is -2.31. The van der Waals surface area contributed by atoms with Gasteiger partial charge in [-0.2, -0.15) is 0 Å². The summed E-state index contributed by atoms with van der Waals surface area (Å²) >= 11 is 0. The van der Waals surface area contributed by atoms with Crippen LogP contribution in [0.2, 0.25) is 0 Å². The Morgan fingerprint density at radius 3 is 3.06 bits per heavy atom. The van der Waals surface area contributed by atoms with Gasteiger partial charge in [0.15, 0.2) is 0 Å². The van der Waals surface area contributed by atoms with Crippen molar-refractivity contribution in [3.8, 4) is 0 Å². The average Bonchev–Trinajstić information content (AvgIpc) is 2.77. The van der Waals surface area contributed by atoms with Gasteiger partial charge in [0.25, 0.3) is 0 Å². The number of anilines is 1. The van der Waals surface area contributed by atoms with E-state index < -0.39 is 0 Å². The monoisotopic (exact) mass is 249 g/mol. The van der Waals surface area contributed by atoms with Crippen molar-refractivity contribution in [1.82, 2.24) is 14.5 Å². The third-order valence-corrected chi connectivity index (χ3v) is 4.15. The van der Waals surface area contributed by atoms with Crippen molar-refractivity contribution in [3.05, 3.63) is 11.4 Å². The van der Waals surface area contributed by atoms with Gasteiger partial charge in [-0.1, -0.05) is 0 Å². The standard InChI is InChI=1S/C13H23N5/c1-17-6-2-4-10(9-17)12-11(8-14)18-7-3-5-15-13(18)16-12/h10H,2-9,14H2,1H3,(H,15,16). The molecule has 0 aliphatic carbocycles. The molecule has 5 nitrogen and oxygen atoms in total. The summed E-state index contributed by atoms with van der Waals surface area (Å²) in [5.41, 5.74) is 8.45. The Morgan fingerprint density at radius 2 is 2.28 bits per heavy atom. The normalized spacial score (nSPS) is 24.7. The molecule has 1 fully saturated rings. The fraction of sp³-hybridized carbons (Fsp3) is 0.769. The maximum absolute atomic E-state index is 5.96. The largest absolute Gasteiger partial charge is 0.356 e. The molecule has 2 aliphatic rings. The number of fused-ring (bicyclic) bond motifs is 1. The highest BCUT2D eigenvalue weighted by Crippen LogP contribution is 2.31. The van der Waals surface area contributed by atoms with Gasteiger partial charge in [0, 0.05) is 32.1 Å². The second-order valence-electron chi connectivity index (χ2n) is 5.50. The number of nitrogens with zero attached hydrogens (tertiary/aromatic N) is 3. The molecule has 3 heterocycles. The summed E-state index contributed by atoms with van der Waals surface area (Å²) in [5.74, 6) is 1.59. The van der Waals surface area contributed by atoms with E-state index in [0.29, 0.717) is 12.5 Å². The average molecular weight is 249 g/mol. The fourth-order valence-electron chi connectivity index (χ4n) is 3.25. The van der Waals surface area contributed by atoms with Crippen LogP contribution in [0.1, 0.15) is 36.6 Å². The maximum Gasteiger partial charge on any atom is 0.203 e. The summed E-state index contributed by atoms with van der Waals surface area (Å²) in [6.07, 6.45) is 3.68. The van der Waals surface area contributed by atoms with Gasteiger partial charge in [0.2, 0.25) is 5.95 Å². The third kappa shape index (κ3) is 2.01. The van der Waals surface area contributed by atoms with Crippen molar-refractivity contribution in [3.63, 3.8) is 0 Å². The Kier molecular flexibility index (Phi) is 3.26. The smallest absolute Gasteiger partial charge is 0.203 e. The third-order valence-electron chi connectivity index (χ3n) is 4.15. The van der Waals surface area contributed by atoms with E-state index in [2.05, 4.69) is 21.8 Å². The Balaban J connectivity index is 1.93. The van der Waals surface area contributed by atoms with Crippen LogP contribution in [0.3, 0.4) is 0 Å². The molecule has 0 saturated carbocycles. The van der Waals surface area contributed by atoms with Gasteiger partial charge >= 0.3 is 0 Å². The number of hydrogen-bond acceptors (Lipinski definition) is 4. The van der Waals surface area contributed by atoms with Crippen molar-refractivity contribution < 1.29 is 0 Å². The van der Waals surface area contributed by atoms with Gasteiger partial charge in [-0.3, -0.25) is 0 Å². The van der Waals surface area contributed by atoms with E-state index >= 15 is 0 Å². The minimum Gasteiger partial charge on any atom is -0.356 e. The van der Waals surface area contributed by atoms with Crippen molar-refractivity contribution in [2.45, 2.75) is 38.3 Å². The van der Waals surface area contributed by atoms with E-state index in [1.807, 2.05) is 0 Å². The number of imidazole rings is 1. The van der Waals surface area contributed by atoms with Crippen molar-refractivity contribution >= 4 is 5.95 Å². The summed E-state index contributed by atoms with van der Waals surface area (Å²) in [6, 6.07) is 0. The second kappa shape index (κ2) is 4.90. The minimum absolute atomic E-state index is 0.558. The number of piperidine rings is 1. The number of hydrogen-bond donors (Lipinski definition) is 2. The molecule has 1 atom stereocenters. The quantitative estimate of drug-likeness (QED) is 0.820. The zero-order valence-electron chi connectivity index (χ0n) is 11.2. The predicted octanol–water partition coefficient (Wildman–Crippen LogP) is 0.967. The van der Waals surface area contributed by atoms with Crippen molar-refractivity contribution in [2.75, 3.05) is 32.0 Å². The summed E-state index contributed by atoms with van der Waals surface area (Å²) in [7, 11) is 2.20. The number of nitrogens with one attached hydrogen (secondary N) is 1. The van der Waals surface area contributed by atoms with E-state index in [1.165, 1.54) is 37.2 Å². The van der Waals surface area contributed by atoms with Crippen molar-refractivity contribution in [1.29, 1.82) is 0 Å². The molecule has 1 aromatic rings. The van der Waals surface area contributed by atoms with Crippen LogP contribution in [0, 0.1) is 0 Å². The molecule has 1 saturated heterocycles. The number of nitrogens with two attached hydrogens (primary N) is 1. The van der Waals surface area contributed by atoms with Crippen molar-refractivity contribution in [2.24, 2.45) is 5.73 Å². The molecule has 3 rings (SSSR count). The molecule has 1 aromatic heterocycles. The lowest BCUT2D eigenvalue weighted by Gasteiger charge is -2.29. The minimum atomic E-state index is 0.558. The van der Waals surface area contributed by atoms with E-state index in [9.17, 15) is 0 Å². The second-order valence-corrected chi connectivity index (χ2v) is 5.50. The first kappa shape index (κ1) is 12.0. The first-order chi connectivity index (χ1) is 8.79. The molecule has 2 aliphatic heterocycles. The molecule has 0 aromatic carbocycles. The van der Waals surface area contributed by atoms with E-state index in [0.717, 1.165) is 25.6 Å². The van der Waals surface area contributed by atoms with Crippen LogP contribution in [-0.4, -0.2) is 41.1 Å².